The van der Waals surface area contributed by atoms with E-state index in [0.717, 1.165) is 25.9 Å². The fourth-order valence-electron chi connectivity index (χ4n) is 1.89. The van der Waals surface area contributed by atoms with Crippen LogP contribution in [0.4, 0.5) is 10.5 Å². The van der Waals surface area contributed by atoms with Crippen LogP contribution in [0.5, 0.6) is 0 Å². The maximum Gasteiger partial charge on any atom is 0.339 e. The van der Waals surface area contributed by atoms with Gasteiger partial charge in [-0.1, -0.05) is 36.4 Å². The molecule has 0 atom stereocenters. The summed E-state index contributed by atoms with van der Waals surface area (Å²) in [4.78, 5) is 11.9. The van der Waals surface area contributed by atoms with Gasteiger partial charge >= 0.3 is 6.03 Å². The lowest BCUT2D eigenvalue weighted by atomic mass is 10.1. The van der Waals surface area contributed by atoms with Crippen LogP contribution in [0, 0.1) is 17.4 Å². The number of benzene rings is 2. The molecule has 0 fully saturated rings. The molecule has 0 aliphatic heterocycles. The number of para-hydroxylation sites is 1. The Morgan fingerprint density at radius 3 is 2.43 bits per heavy atom. The normalized spacial score (nSPS) is 10.6. The molecule has 2 amide bonds. The number of hydrogen-bond donors (Lipinski definition) is 2. The molecule has 5 heteroatoms. The van der Waals surface area contributed by atoms with Gasteiger partial charge in [0.25, 0.3) is 0 Å². The monoisotopic (exact) mass is 393 g/mol. The van der Waals surface area contributed by atoms with E-state index in [1.54, 1.807) is 6.21 Å². The maximum atomic E-state index is 11.9. The highest BCUT2D eigenvalue weighted by Crippen LogP contribution is 2.19. The first kappa shape index (κ1) is 15.5. The Hall–Kier alpha value is -1.89. The largest absolute Gasteiger partial charge is 0.339 e. The van der Waals surface area contributed by atoms with E-state index in [-0.39, 0.29) is 6.03 Å². The number of amides is 2. The van der Waals surface area contributed by atoms with Crippen molar-refractivity contribution in [2.24, 2.45) is 5.10 Å². The van der Waals surface area contributed by atoms with Gasteiger partial charge in [-0.2, -0.15) is 5.10 Å². The van der Waals surface area contributed by atoms with Crippen molar-refractivity contribution in [2.75, 3.05) is 5.32 Å². The van der Waals surface area contributed by atoms with Crippen LogP contribution in [0.15, 0.2) is 47.6 Å². The topological polar surface area (TPSA) is 53.5 Å². The van der Waals surface area contributed by atoms with E-state index in [4.69, 9.17) is 0 Å². The lowest BCUT2D eigenvalue weighted by Crippen LogP contribution is -2.25. The van der Waals surface area contributed by atoms with Crippen LogP contribution in [-0.4, -0.2) is 12.2 Å². The van der Waals surface area contributed by atoms with Crippen LogP contribution in [0.3, 0.4) is 0 Å². The van der Waals surface area contributed by atoms with Crippen LogP contribution in [0.25, 0.3) is 0 Å². The Morgan fingerprint density at radius 2 is 1.76 bits per heavy atom. The predicted octanol–water partition coefficient (Wildman–Crippen LogP) is 4.06. The van der Waals surface area contributed by atoms with E-state index in [1.165, 1.54) is 0 Å². The number of nitrogens with one attached hydrogen (secondary N) is 2. The first-order chi connectivity index (χ1) is 10.1. The summed E-state index contributed by atoms with van der Waals surface area (Å²) in [6.45, 7) is 3.91. The highest BCUT2D eigenvalue weighted by molar-refractivity contribution is 14.1. The van der Waals surface area contributed by atoms with Crippen molar-refractivity contribution in [3.8, 4) is 0 Å². The van der Waals surface area contributed by atoms with Crippen LogP contribution >= 0.6 is 22.6 Å². The quantitative estimate of drug-likeness (QED) is 0.461. The fourth-order valence-corrected chi connectivity index (χ4v) is 2.42. The van der Waals surface area contributed by atoms with E-state index in [0.29, 0.717) is 0 Å². The summed E-state index contributed by atoms with van der Waals surface area (Å²) in [5, 5.41) is 6.78. The first-order valence-electron chi connectivity index (χ1n) is 6.48. The molecule has 0 saturated carbocycles. The summed E-state index contributed by atoms with van der Waals surface area (Å²) < 4.78 is 1.08. The smallest absolute Gasteiger partial charge is 0.306 e. The Kier molecular flexibility index (Phi) is 5.32. The number of hydrogen-bond acceptors (Lipinski definition) is 2. The molecule has 0 aromatic heterocycles. The third-order valence-corrected chi connectivity index (χ3v) is 3.98. The highest BCUT2D eigenvalue weighted by atomic mass is 127. The van der Waals surface area contributed by atoms with E-state index in [2.05, 4.69) is 38.4 Å². The first-order valence-corrected chi connectivity index (χ1v) is 7.56. The minimum absolute atomic E-state index is 0.352. The van der Waals surface area contributed by atoms with Crippen LogP contribution in [-0.2, 0) is 0 Å². The van der Waals surface area contributed by atoms with Crippen molar-refractivity contribution in [1.82, 2.24) is 5.43 Å². The molecule has 0 radical (unpaired) electrons. The lowest BCUT2D eigenvalue weighted by molar-refractivity contribution is 0.252. The number of halogens is 1. The number of carbonyl (C=O) groups is 1. The van der Waals surface area contributed by atoms with Crippen LogP contribution in [0.1, 0.15) is 16.7 Å². The van der Waals surface area contributed by atoms with Crippen molar-refractivity contribution in [3.63, 3.8) is 0 Å². The molecular weight excluding hydrogens is 377 g/mol. The van der Waals surface area contributed by atoms with Gasteiger partial charge in [0.05, 0.1) is 6.21 Å². The molecule has 108 valence electrons. The van der Waals surface area contributed by atoms with Gasteiger partial charge in [-0.05, 0) is 53.6 Å². The van der Waals surface area contributed by atoms with Crippen molar-refractivity contribution in [3.05, 3.63) is 62.7 Å². The average Bonchev–Trinajstić information content (AvgIpc) is 2.45. The Bertz CT molecular complexity index is 663. The molecule has 0 bridgehead atoms. The second kappa shape index (κ2) is 7.21. The molecule has 0 unspecified atom stereocenters. The second-order valence-electron chi connectivity index (χ2n) is 4.61. The number of carbonyl (C=O) groups excluding carboxylic acids is 1. The summed E-state index contributed by atoms with van der Waals surface area (Å²) in [7, 11) is 0. The highest BCUT2D eigenvalue weighted by Gasteiger charge is 2.05. The number of rotatable bonds is 3. The molecule has 0 heterocycles. The number of aryl methyl sites for hydroxylation is 2. The minimum atomic E-state index is -0.352. The van der Waals surface area contributed by atoms with Gasteiger partial charge in [-0.3, -0.25) is 0 Å². The zero-order chi connectivity index (χ0) is 15.2. The molecule has 2 aromatic rings. The Morgan fingerprint density at radius 1 is 1.10 bits per heavy atom. The van der Waals surface area contributed by atoms with E-state index < -0.39 is 0 Å². The molecule has 2 aromatic carbocycles. The lowest BCUT2D eigenvalue weighted by Gasteiger charge is -2.10. The van der Waals surface area contributed by atoms with E-state index in [1.807, 2.05) is 56.3 Å². The summed E-state index contributed by atoms with van der Waals surface area (Å²) in [6.07, 6.45) is 1.63. The Balaban J connectivity index is 1.98. The standard InChI is InChI=1S/C16H16IN3O/c1-11-6-5-7-12(2)15(11)19-16(21)20-18-10-13-8-3-4-9-14(13)17/h3-10H,1-2H3,(H2,19,20,21)/b18-10+. The van der Waals surface area contributed by atoms with Gasteiger partial charge < -0.3 is 5.32 Å². The average molecular weight is 393 g/mol. The third-order valence-electron chi connectivity index (χ3n) is 2.99. The zero-order valence-electron chi connectivity index (χ0n) is 11.9. The van der Waals surface area contributed by atoms with Crippen molar-refractivity contribution in [1.29, 1.82) is 0 Å². The zero-order valence-corrected chi connectivity index (χ0v) is 14.0. The molecule has 0 saturated heterocycles. The Labute approximate surface area is 137 Å². The van der Waals surface area contributed by atoms with Crippen LogP contribution < -0.4 is 10.7 Å². The van der Waals surface area contributed by atoms with Gasteiger partial charge in [-0.25, -0.2) is 10.2 Å². The molecule has 2 N–H and O–H groups in total. The van der Waals surface area contributed by atoms with Gasteiger partial charge in [-0.15, -0.1) is 0 Å². The molecule has 21 heavy (non-hydrogen) atoms. The summed E-state index contributed by atoms with van der Waals surface area (Å²) >= 11 is 2.23. The van der Waals surface area contributed by atoms with Crippen molar-refractivity contribution >= 4 is 40.5 Å². The number of urea groups is 1. The van der Waals surface area contributed by atoms with Crippen molar-refractivity contribution < 1.29 is 4.79 Å². The fraction of sp³-hybridized carbons (Fsp3) is 0.125. The van der Waals surface area contributed by atoms with Gasteiger partial charge in [0.15, 0.2) is 0 Å². The number of anilines is 1. The van der Waals surface area contributed by atoms with Gasteiger partial charge in [0.1, 0.15) is 0 Å². The molecule has 0 spiro atoms. The van der Waals surface area contributed by atoms with Crippen molar-refractivity contribution in [2.45, 2.75) is 13.8 Å². The maximum absolute atomic E-state index is 11.9. The summed E-state index contributed by atoms with van der Waals surface area (Å²) in [5.41, 5.74) is 6.30. The molecule has 4 nitrogen and oxygen atoms in total. The third kappa shape index (κ3) is 4.29. The molecule has 0 aliphatic rings. The minimum Gasteiger partial charge on any atom is -0.306 e. The number of nitrogens with zero attached hydrogens (tertiary/aromatic N) is 1. The SMILES string of the molecule is Cc1cccc(C)c1NC(=O)N/N=C/c1ccccc1I. The predicted molar refractivity (Wildman–Crippen MR) is 94.8 cm³/mol. The van der Waals surface area contributed by atoms with E-state index >= 15 is 0 Å². The summed E-state index contributed by atoms with van der Waals surface area (Å²) in [5.74, 6) is 0. The van der Waals surface area contributed by atoms with Gasteiger partial charge in [0.2, 0.25) is 0 Å². The molecule has 2 rings (SSSR count). The van der Waals surface area contributed by atoms with Gasteiger partial charge in [0, 0.05) is 14.8 Å². The molecular formula is C16H16IN3O. The van der Waals surface area contributed by atoms with Crippen LogP contribution in [0.2, 0.25) is 0 Å². The van der Waals surface area contributed by atoms with E-state index in [9.17, 15) is 4.79 Å². The summed E-state index contributed by atoms with van der Waals surface area (Å²) in [6, 6.07) is 13.3. The number of hydrazone groups is 1. The second-order valence-corrected chi connectivity index (χ2v) is 5.77. The molecule has 0 aliphatic carbocycles.